The van der Waals surface area contributed by atoms with Crippen LogP contribution in [0.25, 0.3) is 0 Å². The van der Waals surface area contributed by atoms with Crippen LogP contribution >= 0.6 is 0 Å². The highest BCUT2D eigenvalue weighted by Gasteiger charge is 2.18. The van der Waals surface area contributed by atoms with E-state index >= 15 is 0 Å². The molecule has 0 aliphatic carbocycles. The van der Waals surface area contributed by atoms with Gasteiger partial charge in [0.2, 0.25) is 0 Å². The number of carboxylic acids is 1. The molecule has 1 aromatic rings. The number of hydrogen-bond acceptors (Lipinski definition) is 4. The lowest BCUT2D eigenvalue weighted by molar-refractivity contribution is -0.138. The average molecular weight is 243 g/mol. The van der Waals surface area contributed by atoms with Crippen molar-refractivity contribution in [2.75, 3.05) is 6.26 Å². The summed E-state index contributed by atoms with van der Waals surface area (Å²) in [5.74, 6) is -1.19. The van der Waals surface area contributed by atoms with Crippen molar-refractivity contribution in [3.05, 3.63) is 29.3 Å². The number of carbonyl (C=O) groups is 1. The van der Waals surface area contributed by atoms with Crippen molar-refractivity contribution >= 4 is 15.8 Å². The van der Waals surface area contributed by atoms with Crippen LogP contribution in [0.4, 0.5) is 0 Å². The molecule has 0 spiro atoms. The van der Waals surface area contributed by atoms with Gasteiger partial charge >= 0.3 is 5.97 Å². The minimum absolute atomic E-state index is 0.0739. The zero-order valence-electron chi connectivity index (χ0n) is 8.97. The van der Waals surface area contributed by atoms with E-state index < -0.39 is 21.8 Å². The van der Waals surface area contributed by atoms with Crippen molar-refractivity contribution in [1.29, 1.82) is 0 Å². The molecule has 0 aliphatic heterocycles. The van der Waals surface area contributed by atoms with Crippen molar-refractivity contribution in [1.82, 2.24) is 0 Å². The number of sulfone groups is 1. The maximum Gasteiger partial charge on any atom is 0.325 e. The fourth-order valence-corrected chi connectivity index (χ4v) is 1.97. The van der Waals surface area contributed by atoms with E-state index in [1.54, 1.807) is 13.0 Å². The Balaban J connectivity index is 3.35. The number of carboxylic acid groups (broad SMARTS) is 1. The van der Waals surface area contributed by atoms with E-state index in [-0.39, 0.29) is 4.90 Å². The predicted octanol–water partition coefficient (Wildman–Crippen LogP) is 0.483. The largest absolute Gasteiger partial charge is 0.480 e. The number of hydrogen-bond donors (Lipinski definition) is 2. The van der Waals surface area contributed by atoms with Crippen molar-refractivity contribution in [2.24, 2.45) is 5.73 Å². The van der Waals surface area contributed by atoms with E-state index in [4.69, 9.17) is 10.8 Å². The first-order chi connectivity index (χ1) is 7.23. The van der Waals surface area contributed by atoms with Gasteiger partial charge in [-0.05, 0) is 30.2 Å². The molecule has 1 aromatic carbocycles. The molecule has 16 heavy (non-hydrogen) atoms. The monoisotopic (exact) mass is 243 g/mol. The molecule has 0 heterocycles. The Labute approximate surface area is 93.8 Å². The van der Waals surface area contributed by atoms with E-state index in [0.29, 0.717) is 11.1 Å². The molecule has 0 amide bonds. The molecule has 0 saturated carbocycles. The number of aryl methyl sites for hydroxylation is 1. The molecule has 0 fully saturated rings. The molecule has 1 atom stereocenters. The zero-order valence-corrected chi connectivity index (χ0v) is 9.78. The molecule has 5 nitrogen and oxygen atoms in total. The van der Waals surface area contributed by atoms with Crippen molar-refractivity contribution in [3.63, 3.8) is 0 Å². The minimum atomic E-state index is -3.35. The summed E-state index contributed by atoms with van der Waals surface area (Å²) in [7, 11) is -3.35. The van der Waals surface area contributed by atoms with Gasteiger partial charge in [-0.15, -0.1) is 0 Å². The van der Waals surface area contributed by atoms with Crippen LogP contribution in [0.5, 0.6) is 0 Å². The summed E-state index contributed by atoms with van der Waals surface area (Å²) in [5.41, 5.74) is 6.43. The van der Waals surface area contributed by atoms with Gasteiger partial charge in [0.15, 0.2) is 9.84 Å². The molecule has 0 radical (unpaired) electrons. The molecule has 3 N–H and O–H groups in total. The number of benzene rings is 1. The molecule has 1 rings (SSSR count). The molecule has 0 saturated heterocycles. The summed E-state index contributed by atoms with van der Waals surface area (Å²) >= 11 is 0. The second-order valence-corrected chi connectivity index (χ2v) is 5.62. The van der Waals surface area contributed by atoms with Gasteiger partial charge in [0.25, 0.3) is 0 Å². The van der Waals surface area contributed by atoms with E-state index in [1.165, 1.54) is 12.1 Å². The normalized spacial score (nSPS) is 13.4. The standard InChI is InChI=1S/C10H13NO4S/c1-6-3-4-7(16(2,14)15)5-8(6)9(11)10(12)13/h3-5,9H,11H2,1-2H3,(H,12,13). The third-order valence-electron chi connectivity index (χ3n) is 2.28. The first-order valence-corrected chi connectivity index (χ1v) is 6.41. The Morgan fingerprint density at radius 3 is 2.44 bits per heavy atom. The Kier molecular flexibility index (Phi) is 3.35. The van der Waals surface area contributed by atoms with E-state index in [0.717, 1.165) is 6.26 Å². The van der Waals surface area contributed by atoms with Crippen LogP contribution < -0.4 is 5.73 Å². The molecule has 1 unspecified atom stereocenters. The van der Waals surface area contributed by atoms with Crippen LogP contribution in [0.2, 0.25) is 0 Å². The van der Waals surface area contributed by atoms with Gasteiger partial charge in [-0.1, -0.05) is 6.07 Å². The van der Waals surface area contributed by atoms with Crippen LogP contribution in [-0.2, 0) is 14.6 Å². The van der Waals surface area contributed by atoms with E-state index in [2.05, 4.69) is 0 Å². The number of aliphatic carboxylic acids is 1. The highest BCUT2D eigenvalue weighted by Crippen LogP contribution is 2.20. The molecule has 88 valence electrons. The van der Waals surface area contributed by atoms with E-state index in [9.17, 15) is 13.2 Å². The summed E-state index contributed by atoms with van der Waals surface area (Å²) in [6.45, 7) is 1.68. The van der Waals surface area contributed by atoms with Crippen LogP contribution in [-0.4, -0.2) is 25.7 Å². The SMILES string of the molecule is Cc1ccc(S(C)(=O)=O)cc1C(N)C(=O)O. The number of nitrogens with two attached hydrogens (primary N) is 1. The smallest absolute Gasteiger partial charge is 0.325 e. The fraction of sp³-hybridized carbons (Fsp3) is 0.300. The highest BCUT2D eigenvalue weighted by atomic mass is 32.2. The van der Waals surface area contributed by atoms with Crippen molar-refractivity contribution in [2.45, 2.75) is 17.9 Å². The summed E-state index contributed by atoms with van der Waals surface area (Å²) in [4.78, 5) is 10.8. The summed E-state index contributed by atoms with van der Waals surface area (Å²) in [6, 6.07) is 3.09. The third kappa shape index (κ3) is 2.59. The lowest BCUT2D eigenvalue weighted by Crippen LogP contribution is -2.22. The molecule has 0 bridgehead atoms. The Bertz CT molecular complexity index is 522. The fourth-order valence-electron chi connectivity index (χ4n) is 1.32. The van der Waals surface area contributed by atoms with Gasteiger partial charge in [-0.3, -0.25) is 4.79 Å². The second-order valence-electron chi connectivity index (χ2n) is 3.61. The van der Waals surface area contributed by atoms with Crippen LogP contribution in [0.15, 0.2) is 23.1 Å². The molecule has 0 aromatic heterocycles. The zero-order chi connectivity index (χ0) is 12.5. The van der Waals surface area contributed by atoms with Crippen LogP contribution in [0.1, 0.15) is 17.2 Å². The lowest BCUT2D eigenvalue weighted by Gasteiger charge is -2.11. The Morgan fingerprint density at radius 2 is 2.00 bits per heavy atom. The van der Waals surface area contributed by atoms with Gasteiger partial charge in [0.1, 0.15) is 6.04 Å². The summed E-state index contributed by atoms with van der Waals surface area (Å²) < 4.78 is 22.6. The highest BCUT2D eigenvalue weighted by molar-refractivity contribution is 7.90. The quantitative estimate of drug-likeness (QED) is 0.804. The summed E-state index contributed by atoms with van der Waals surface area (Å²) in [6.07, 6.45) is 1.06. The van der Waals surface area contributed by atoms with Gasteiger partial charge < -0.3 is 10.8 Å². The van der Waals surface area contributed by atoms with Gasteiger partial charge in [-0.2, -0.15) is 0 Å². The molecule has 6 heteroatoms. The van der Waals surface area contributed by atoms with Gasteiger partial charge in [0, 0.05) is 6.26 Å². The van der Waals surface area contributed by atoms with Gasteiger partial charge in [-0.25, -0.2) is 8.42 Å². The average Bonchev–Trinajstić information content (AvgIpc) is 2.15. The Hall–Kier alpha value is -1.40. The van der Waals surface area contributed by atoms with E-state index in [1.807, 2.05) is 0 Å². The second kappa shape index (κ2) is 4.23. The number of rotatable bonds is 3. The minimum Gasteiger partial charge on any atom is -0.480 e. The maximum atomic E-state index is 11.3. The van der Waals surface area contributed by atoms with Gasteiger partial charge in [0.05, 0.1) is 4.90 Å². The topological polar surface area (TPSA) is 97.5 Å². The first-order valence-electron chi connectivity index (χ1n) is 4.52. The first kappa shape index (κ1) is 12.7. The van der Waals surface area contributed by atoms with Crippen LogP contribution in [0, 0.1) is 6.92 Å². The maximum absolute atomic E-state index is 11.3. The Morgan fingerprint density at radius 1 is 1.44 bits per heavy atom. The van der Waals surface area contributed by atoms with Crippen LogP contribution in [0.3, 0.4) is 0 Å². The van der Waals surface area contributed by atoms with Crippen molar-refractivity contribution in [3.8, 4) is 0 Å². The molecular weight excluding hydrogens is 230 g/mol. The summed E-state index contributed by atoms with van der Waals surface area (Å²) in [5, 5.41) is 8.78. The van der Waals surface area contributed by atoms with Crippen molar-refractivity contribution < 1.29 is 18.3 Å². The molecule has 0 aliphatic rings. The molecular formula is C10H13NO4S. The lowest BCUT2D eigenvalue weighted by atomic mass is 10.0. The predicted molar refractivity (Wildman–Crippen MR) is 58.9 cm³/mol. The third-order valence-corrected chi connectivity index (χ3v) is 3.39.